The molecule has 0 bridgehead atoms. The Morgan fingerprint density at radius 3 is 2.58 bits per heavy atom. The molecule has 0 aromatic carbocycles. The zero-order chi connectivity index (χ0) is 14.0. The molecule has 102 valence electrons. The van der Waals surface area contributed by atoms with Crippen LogP contribution in [0.15, 0.2) is 15.4 Å². The van der Waals surface area contributed by atoms with Crippen LogP contribution in [-0.2, 0) is 11.8 Å². The summed E-state index contributed by atoms with van der Waals surface area (Å²) in [6.07, 6.45) is 0.843. The average Bonchev–Trinajstić information content (AvgIpc) is 2.75. The van der Waals surface area contributed by atoms with Crippen LogP contribution >= 0.6 is 23.3 Å². The number of anilines is 1. The molecule has 2 aromatic rings. The second kappa shape index (κ2) is 5.42. The maximum Gasteiger partial charge on any atom is 0.176 e. The Balaban J connectivity index is 2.27. The van der Waals surface area contributed by atoms with Crippen molar-refractivity contribution in [2.75, 3.05) is 5.73 Å². The Kier molecular flexibility index (Phi) is 4.05. The number of rotatable bonds is 3. The molecule has 0 aliphatic rings. The fourth-order valence-electron chi connectivity index (χ4n) is 1.34. The average molecular weight is 295 g/mol. The van der Waals surface area contributed by atoms with Crippen molar-refractivity contribution in [1.29, 1.82) is 0 Å². The van der Waals surface area contributed by atoms with Crippen LogP contribution in [0.25, 0.3) is 0 Å². The Labute approximate surface area is 121 Å². The normalized spacial score (nSPS) is 11.8. The van der Waals surface area contributed by atoms with Crippen LogP contribution in [-0.4, -0.2) is 19.3 Å². The second-order valence-corrected chi connectivity index (χ2v) is 7.16. The predicted molar refractivity (Wildman–Crippen MR) is 78.6 cm³/mol. The third kappa shape index (κ3) is 3.63. The highest BCUT2D eigenvalue weighted by atomic mass is 32.2. The van der Waals surface area contributed by atoms with Gasteiger partial charge in [-0.05, 0) is 23.3 Å². The first kappa shape index (κ1) is 14.2. The van der Waals surface area contributed by atoms with Gasteiger partial charge in [0.2, 0.25) is 0 Å². The van der Waals surface area contributed by atoms with Crippen LogP contribution in [0.5, 0.6) is 0 Å². The van der Waals surface area contributed by atoms with Gasteiger partial charge in [-0.25, -0.2) is 15.0 Å². The lowest BCUT2D eigenvalue weighted by atomic mass is 9.96. The third-order valence-corrected chi connectivity index (χ3v) is 4.06. The third-order valence-electron chi connectivity index (χ3n) is 2.35. The minimum absolute atomic E-state index is 0.125. The fraction of sp³-hybridized carbons (Fsp3) is 0.500. The minimum Gasteiger partial charge on any atom is -0.384 e. The van der Waals surface area contributed by atoms with E-state index in [1.54, 1.807) is 6.07 Å². The van der Waals surface area contributed by atoms with Gasteiger partial charge in [-0.15, -0.1) is 0 Å². The molecule has 2 rings (SSSR count). The van der Waals surface area contributed by atoms with Gasteiger partial charge in [-0.3, -0.25) is 0 Å². The molecule has 2 aromatic heterocycles. The summed E-state index contributed by atoms with van der Waals surface area (Å²) in [5.41, 5.74) is 5.72. The van der Waals surface area contributed by atoms with Crippen LogP contribution in [0.1, 0.15) is 39.3 Å². The van der Waals surface area contributed by atoms with E-state index in [9.17, 15) is 0 Å². The lowest BCUT2D eigenvalue weighted by Crippen LogP contribution is -2.17. The molecule has 0 saturated carbocycles. The van der Waals surface area contributed by atoms with E-state index in [0.717, 1.165) is 27.4 Å². The van der Waals surface area contributed by atoms with Crippen LogP contribution in [0.4, 0.5) is 5.82 Å². The number of aromatic nitrogens is 4. The van der Waals surface area contributed by atoms with Crippen LogP contribution in [0.3, 0.4) is 0 Å². The SMILES string of the molecule is CCc1nsc(Sc2cc(N)nc(C(C)(C)C)n2)n1. The summed E-state index contributed by atoms with van der Waals surface area (Å²) in [5.74, 6) is 2.10. The quantitative estimate of drug-likeness (QED) is 0.877. The summed E-state index contributed by atoms with van der Waals surface area (Å²) in [6.45, 7) is 8.24. The molecule has 5 nitrogen and oxygen atoms in total. The van der Waals surface area contributed by atoms with Crippen molar-refractivity contribution in [3.05, 3.63) is 17.7 Å². The van der Waals surface area contributed by atoms with Gasteiger partial charge in [-0.2, -0.15) is 4.37 Å². The van der Waals surface area contributed by atoms with Gasteiger partial charge >= 0.3 is 0 Å². The summed E-state index contributed by atoms with van der Waals surface area (Å²) in [4.78, 5) is 13.2. The predicted octanol–water partition coefficient (Wildman–Crippen LogP) is 2.92. The fourth-order valence-corrected chi connectivity index (χ4v) is 3.00. The Morgan fingerprint density at radius 1 is 1.26 bits per heavy atom. The van der Waals surface area contributed by atoms with Crippen LogP contribution in [0, 0.1) is 0 Å². The smallest absolute Gasteiger partial charge is 0.176 e. The Hall–Kier alpha value is -1.21. The van der Waals surface area contributed by atoms with E-state index in [1.165, 1.54) is 23.3 Å². The lowest BCUT2D eigenvalue weighted by Gasteiger charge is -2.17. The van der Waals surface area contributed by atoms with Gasteiger partial charge in [0.05, 0.1) is 0 Å². The van der Waals surface area contributed by atoms with Crippen molar-refractivity contribution >= 4 is 29.1 Å². The molecule has 2 heterocycles. The zero-order valence-corrected chi connectivity index (χ0v) is 13.1. The second-order valence-electron chi connectivity index (χ2n) is 5.14. The van der Waals surface area contributed by atoms with Gasteiger partial charge in [0.15, 0.2) is 4.34 Å². The maximum atomic E-state index is 5.84. The summed E-state index contributed by atoms with van der Waals surface area (Å²) in [5, 5.41) is 0.816. The molecule has 0 saturated heterocycles. The lowest BCUT2D eigenvalue weighted by molar-refractivity contribution is 0.540. The molecule has 0 unspecified atom stereocenters. The minimum atomic E-state index is -0.125. The van der Waals surface area contributed by atoms with E-state index in [4.69, 9.17) is 5.73 Å². The highest BCUT2D eigenvalue weighted by molar-refractivity contribution is 8.00. The highest BCUT2D eigenvalue weighted by Gasteiger charge is 2.19. The molecular formula is C12H17N5S2. The summed E-state index contributed by atoms with van der Waals surface area (Å²) in [7, 11) is 0. The molecule has 2 N–H and O–H groups in total. The maximum absolute atomic E-state index is 5.84. The molecule has 0 radical (unpaired) electrons. The van der Waals surface area contributed by atoms with Gasteiger partial charge in [0.25, 0.3) is 0 Å². The van der Waals surface area contributed by atoms with Crippen molar-refractivity contribution in [3.63, 3.8) is 0 Å². The molecule has 0 fully saturated rings. The summed E-state index contributed by atoms with van der Waals surface area (Å²) < 4.78 is 5.14. The van der Waals surface area contributed by atoms with Crippen molar-refractivity contribution in [1.82, 2.24) is 19.3 Å². The van der Waals surface area contributed by atoms with E-state index in [-0.39, 0.29) is 5.41 Å². The van der Waals surface area contributed by atoms with E-state index in [0.29, 0.717) is 5.82 Å². The van der Waals surface area contributed by atoms with Gasteiger partial charge in [0.1, 0.15) is 22.5 Å². The molecule has 0 amide bonds. The number of nitrogens with two attached hydrogens (primary N) is 1. The molecule has 19 heavy (non-hydrogen) atoms. The van der Waals surface area contributed by atoms with E-state index in [2.05, 4.69) is 40.1 Å². The molecular weight excluding hydrogens is 278 g/mol. The van der Waals surface area contributed by atoms with Crippen molar-refractivity contribution < 1.29 is 0 Å². The molecule has 7 heteroatoms. The van der Waals surface area contributed by atoms with E-state index >= 15 is 0 Å². The Bertz CT molecular complexity index is 574. The summed E-state index contributed by atoms with van der Waals surface area (Å²) >= 11 is 2.87. The number of hydrogen-bond donors (Lipinski definition) is 1. The van der Waals surface area contributed by atoms with Crippen molar-refractivity contribution in [2.24, 2.45) is 0 Å². The number of nitrogen functional groups attached to an aromatic ring is 1. The molecule has 0 aliphatic carbocycles. The number of hydrogen-bond acceptors (Lipinski definition) is 7. The molecule has 0 atom stereocenters. The number of aryl methyl sites for hydroxylation is 1. The first-order valence-corrected chi connectivity index (χ1v) is 7.63. The van der Waals surface area contributed by atoms with Gasteiger partial charge in [-0.1, -0.05) is 27.7 Å². The largest absolute Gasteiger partial charge is 0.384 e. The monoisotopic (exact) mass is 295 g/mol. The van der Waals surface area contributed by atoms with Crippen molar-refractivity contribution in [2.45, 2.75) is 48.9 Å². The molecule has 0 aliphatic heterocycles. The van der Waals surface area contributed by atoms with E-state index in [1.807, 2.05) is 6.92 Å². The van der Waals surface area contributed by atoms with Crippen LogP contribution in [0.2, 0.25) is 0 Å². The standard InChI is InChI=1S/C12H17N5S2/c1-5-8-15-11(19-17-8)18-9-6-7(13)14-10(16-9)12(2,3)4/h6H,5H2,1-4H3,(H2,13,14,16). The van der Waals surface area contributed by atoms with Gasteiger partial charge < -0.3 is 5.73 Å². The molecule has 0 spiro atoms. The van der Waals surface area contributed by atoms with Crippen LogP contribution < -0.4 is 5.73 Å². The first-order valence-electron chi connectivity index (χ1n) is 6.04. The summed E-state index contributed by atoms with van der Waals surface area (Å²) in [6, 6.07) is 1.77. The number of nitrogens with zero attached hydrogens (tertiary/aromatic N) is 4. The van der Waals surface area contributed by atoms with E-state index < -0.39 is 0 Å². The zero-order valence-electron chi connectivity index (χ0n) is 11.5. The van der Waals surface area contributed by atoms with Gasteiger partial charge in [0, 0.05) is 17.9 Å². The van der Waals surface area contributed by atoms with Crippen molar-refractivity contribution in [3.8, 4) is 0 Å². The first-order chi connectivity index (χ1) is 8.88. The highest BCUT2D eigenvalue weighted by Crippen LogP contribution is 2.30. The topological polar surface area (TPSA) is 77.6 Å². The Morgan fingerprint density at radius 2 is 2.00 bits per heavy atom.